The molecule has 0 aliphatic heterocycles. The first-order valence-electron chi connectivity index (χ1n) is 10.5. The zero-order chi connectivity index (χ0) is 18.6. The zero-order valence-electron chi connectivity index (χ0n) is 16.9. The van der Waals surface area contributed by atoms with E-state index in [0.717, 1.165) is 16.2 Å². The molecule has 0 saturated heterocycles. The number of rotatable bonds is 14. The molecule has 0 aliphatic rings. The number of imidazole rings is 1. The normalized spacial score (nSPS) is 11.7. The molecule has 4 nitrogen and oxygen atoms in total. The Balaban J connectivity index is 1.92. The standard InChI is InChI=1S/C21H36N4S/c1-4-6-8-10-12-14-18(15-13-11-9-7-5-2)26-21-19-20(22-16-23-21)25(3)17-24-19/h16-18H,4-15H2,1-3H3. The SMILES string of the molecule is CCCCCCCC(CCCCCCC)Sc1ncnc2c1ncn2C. The van der Waals surface area contributed by atoms with E-state index in [1.165, 1.54) is 77.0 Å². The maximum atomic E-state index is 4.55. The smallest absolute Gasteiger partial charge is 0.164 e. The van der Waals surface area contributed by atoms with Gasteiger partial charge >= 0.3 is 0 Å². The van der Waals surface area contributed by atoms with Crippen molar-refractivity contribution in [3.63, 3.8) is 0 Å². The fourth-order valence-electron chi connectivity index (χ4n) is 3.38. The van der Waals surface area contributed by atoms with Crippen LogP contribution in [0.3, 0.4) is 0 Å². The summed E-state index contributed by atoms with van der Waals surface area (Å²) in [4.78, 5) is 13.5. The number of aromatic nitrogens is 4. The van der Waals surface area contributed by atoms with E-state index < -0.39 is 0 Å². The van der Waals surface area contributed by atoms with E-state index in [4.69, 9.17) is 0 Å². The lowest BCUT2D eigenvalue weighted by atomic mass is 10.0. The van der Waals surface area contributed by atoms with Crippen LogP contribution in [0.1, 0.15) is 90.9 Å². The van der Waals surface area contributed by atoms with E-state index in [1.807, 2.05) is 29.7 Å². The van der Waals surface area contributed by atoms with Gasteiger partial charge in [0.15, 0.2) is 5.65 Å². The molecule has 0 fully saturated rings. The van der Waals surface area contributed by atoms with Gasteiger partial charge in [-0.25, -0.2) is 15.0 Å². The van der Waals surface area contributed by atoms with Crippen molar-refractivity contribution >= 4 is 22.9 Å². The number of hydrogen-bond acceptors (Lipinski definition) is 4. The molecule has 2 rings (SSSR count). The summed E-state index contributed by atoms with van der Waals surface area (Å²) < 4.78 is 1.98. The molecular formula is C21H36N4S. The van der Waals surface area contributed by atoms with Gasteiger partial charge in [0.25, 0.3) is 0 Å². The minimum Gasteiger partial charge on any atom is -0.318 e. The van der Waals surface area contributed by atoms with Crippen molar-refractivity contribution in [1.82, 2.24) is 19.5 Å². The minimum atomic E-state index is 0.651. The lowest BCUT2D eigenvalue weighted by Gasteiger charge is -2.16. The number of unbranched alkanes of at least 4 members (excludes halogenated alkanes) is 8. The topological polar surface area (TPSA) is 43.6 Å². The summed E-state index contributed by atoms with van der Waals surface area (Å²) in [7, 11) is 2.00. The van der Waals surface area contributed by atoms with Gasteiger partial charge in [0.1, 0.15) is 16.9 Å². The van der Waals surface area contributed by atoms with Crippen LogP contribution in [0.5, 0.6) is 0 Å². The van der Waals surface area contributed by atoms with Crippen LogP contribution in [0, 0.1) is 0 Å². The highest BCUT2D eigenvalue weighted by atomic mass is 32.2. The number of thioether (sulfide) groups is 1. The lowest BCUT2D eigenvalue weighted by molar-refractivity contribution is 0.551. The molecule has 0 radical (unpaired) electrons. The molecule has 0 N–H and O–H groups in total. The quantitative estimate of drug-likeness (QED) is 0.213. The first-order chi connectivity index (χ1) is 12.8. The summed E-state index contributed by atoms with van der Waals surface area (Å²) in [5, 5.41) is 1.71. The minimum absolute atomic E-state index is 0.651. The summed E-state index contributed by atoms with van der Waals surface area (Å²) in [6.07, 6.45) is 19.6. The Bertz CT molecular complexity index is 611. The molecule has 0 atom stereocenters. The van der Waals surface area contributed by atoms with Crippen molar-refractivity contribution in [2.75, 3.05) is 0 Å². The van der Waals surface area contributed by atoms with Gasteiger partial charge in [-0.1, -0.05) is 78.1 Å². The van der Waals surface area contributed by atoms with Gasteiger partial charge in [0.05, 0.1) is 6.33 Å². The van der Waals surface area contributed by atoms with Gasteiger partial charge in [-0.2, -0.15) is 0 Å². The second kappa shape index (κ2) is 12.3. The predicted molar refractivity (Wildman–Crippen MR) is 113 cm³/mol. The van der Waals surface area contributed by atoms with Crippen LogP contribution >= 0.6 is 11.8 Å². The van der Waals surface area contributed by atoms with Crippen LogP contribution in [0.4, 0.5) is 0 Å². The predicted octanol–water partition coefficient (Wildman–Crippen LogP) is 6.55. The number of fused-ring (bicyclic) bond motifs is 1. The van der Waals surface area contributed by atoms with Gasteiger partial charge in [-0.05, 0) is 12.8 Å². The molecule has 2 heterocycles. The fraction of sp³-hybridized carbons (Fsp3) is 0.762. The molecule has 0 spiro atoms. The molecule has 146 valence electrons. The molecule has 0 aromatic carbocycles. The van der Waals surface area contributed by atoms with E-state index in [2.05, 4.69) is 28.8 Å². The Morgan fingerprint density at radius 2 is 1.46 bits per heavy atom. The van der Waals surface area contributed by atoms with Crippen LogP contribution < -0.4 is 0 Å². The van der Waals surface area contributed by atoms with E-state index in [0.29, 0.717) is 5.25 Å². The molecule has 0 amide bonds. The summed E-state index contributed by atoms with van der Waals surface area (Å²) >= 11 is 1.93. The fourth-order valence-corrected chi connectivity index (χ4v) is 4.63. The van der Waals surface area contributed by atoms with Crippen molar-refractivity contribution in [2.45, 2.75) is 101 Å². The lowest BCUT2D eigenvalue weighted by Crippen LogP contribution is -2.04. The van der Waals surface area contributed by atoms with Crippen molar-refractivity contribution in [2.24, 2.45) is 7.05 Å². The Hall–Kier alpha value is -1.10. The molecule has 2 aromatic heterocycles. The molecule has 0 saturated carbocycles. The van der Waals surface area contributed by atoms with Crippen molar-refractivity contribution in [3.8, 4) is 0 Å². The Morgan fingerprint density at radius 3 is 2.08 bits per heavy atom. The highest BCUT2D eigenvalue weighted by Crippen LogP contribution is 2.32. The van der Waals surface area contributed by atoms with Crippen LogP contribution in [0.15, 0.2) is 17.7 Å². The van der Waals surface area contributed by atoms with Crippen LogP contribution in [-0.2, 0) is 7.05 Å². The average Bonchev–Trinajstić information content (AvgIpc) is 3.03. The van der Waals surface area contributed by atoms with Crippen LogP contribution in [-0.4, -0.2) is 24.8 Å². The zero-order valence-corrected chi connectivity index (χ0v) is 17.7. The summed E-state index contributed by atoms with van der Waals surface area (Å²) in [6.45, 7) is 4.56. The third kappa shape index (κ3) is 6.90. The third-order valence-electron chi connectivity index (χ3n) is 5.00. The molecular weight excluding hydrogens is 340 g/mol. The van der Waals surface area contributed by atoms with Crippen molar-refractivity contribution in [3.05, 3.63) is 12.7 Å². The Labute approximate surface area is 163 Å². The monoisotopic (exact) mass is 376 g/mol. The molecule has 26 heavy (non-hydrogen) atoms. The summed E-state index contributed by atoms with van der Waals surface area (Å²) in [5.41, 5.74) is 1.90. The highest BCUT2D eigenvalue weighted by molar-refractivity contribution is 8.00. The van der Waals surface area contributed by atoms with Gasteiger partial charge in [0, 0.05) is 12.3 Å². The van der Waals surface area contributed by atoms with Gasteiger partial charge in [-0.15, -0.1) is 11.8 Å². The van der Waals surface area contributed by atoms with Crippen molar-refractivity contribution < 1.29 is 0 Å². The van der Waals surface area contributed by atoms with Crippen molar-refractivity contribution in [1.29, 1.82) is 0 Å². The van der Waals surface area contributed by atoms with Crippen LogP contribution in [0.25, 0.3) is 11.2 Å². The van der Waals surface area contributed by atoms with Gasteiger partial charge in [-0.3, -0.25) is 0 Å². The maximum absolute atomic E-state index is 4.55. The largest absolute Gasteiger partial charge is 0.318 e. The molecule has 2 aromatic rings. The first-order valence-corrected chi connectivity index (χ1v) is 11.4. The average molecular weight is 377 g/mol. The van der Waals surface area contributed by atoms with E-state index in [-0.39, 0.29) is 0 Å². The third-order valence-corrected chi connectivity index (χ3v) is 6.33. The summed E-state index contributed by atoms with van der Waals surface area (Å²) in [6, 6.07) is 0. The van der Waals surface area contributed by atoms with Gasteiger partial charge in [0.2, 0.25) is 0 Å². The molecule has 0 bridgehead atoms. The second-order valence-electron chi connectivity index (χ2n) is 7.35. The van der Waals surface area contributed by atoms with E-state index in [9.17, 15) is 0 Å². The van der Waals surface area contributed by atoms with E-state index in [1.54, 1.807) is 6.33 Å². The maximum Gasteiger partial charge on any atom is 0.164 e. The van der Waals surface area contributed by atoms with Gasteiger partial charge < -0.3 is 4.57 Å². The highest BCUT2D eigenvalue weighted by Gasteiger charge is 2.15. The van der Waals surface area contributed by atoms with Crippen LogP contribution in [0.2, 0.25) is 0 Å². The van der Waals surface area contributed by atoms with E-state index >= 15 is 0 Å². The first kappa shape index (κ1) is 21.2. The second-order valence-corrected chi connectivity index (χ2v) is 8.64. The molecule has 0 aliphatic carbocycles. The number of nitrogens with zero attached hydrogens (tertiary/aromatic N) is 4. The number of hydrogen-bond donors (Lipinski definition) is 0. The number of aryl methyl sites for hydroxylation is 1. The Kier molecular flexibility index (Phi) is 10.0. The molecule has 5 heteroatoms. The summed E-state index contributed by atoms with van der Waals surface area (Å²) in [5.74, 6) is 0. The Morgan fingerprint density at radius 1 is 0.846 bits per heavy atom. The molecule has 0 unspecified atom stereocenters.